The molecule has 2 rings (SSSR count). The number of carbonyl (C=O) groups is 3. The average molecular weight is 370 g/mol. The number of methoxy groups -OCH3 is 1. The molecule has 0 fully saturated rings. The molecule has 0 saturated carbocycles. The number of amides is 2. The molecular weight excluding hydrogens is 348 g/mol. The first-order chi connectivity index (χ1) is 12.9. The lowest BCUT2D eigenvalue weighted by Crippen LogP contribution is -2.38. The third-order valence-electron chi connectivity index (χ3n) is 3.72. The summed E-state index contributed by atoms with van der Waals surface area (Å²) in [6, 6.07) is 13.0. The fourth-order valence-electron chi connectivity index (χ4n) is 2.27. The number of ether oxygens (including phenoxy) is 2. The molecule has 0 aliphatic carbocycles. The molecule has 0 aromatic heterocycles. The zero-order valence-electron chi connectivity index (χ0n) is 15.4. The average Bonchev–Trinajstić information content (AvgIpc) is 2.66. The number of nitrogens with one attached hydrogen (secondary N) is 2. The predicted octanol–water partition coefficient (Wildman–Crippen LogP) is 2.52. The van der Waals surface area contributed by atoms with Gasteiger partial charge in [0, 0.05) is 18.2 Å². The van der Waals surface area contributed by atoms with Gasteiger partial charge < -0.3 is 20.1 Å². The normalized spacial score (nSPS) is 11.2. The minimum atomic E-state index is -0.711. The van der Waals surface area contributed by atoms with Crippen LogP contribution in [0, 0.1) is 0 Å². The maximum atomic E-state index is 12.3. The summed E-state index contributed by atoms with van der Waals surface area (Å²) in [5, 5.41) is 5.25. The number of hydrogen-bond acceptors (Lipinski definition) is 5. The maximum Gasteiger partial charge on any atom is 0.328 e. The molecule has 2 N–H and O–H groups in total. The Bertz CT molecular complexity index is 800. The van der Waals surface area contributed by atoms with Crippen LogP contribution in [0.1, 0.15) is 29.8 Å². The van der Waals surface area contributed by atoms with E-state index in [4.69, 9.17) is 9.47 Å². The number of anilines is 1. The van der Waals surface area contributed by atoms with Crippen molar-refractivity contribution < 1.29 is 23.9 Å². The first kappa shape index (κ1) is 20.0. The second-order valence-corrected chi connectivity index (χ2v) is 5.91. The molecule has 0 heterocycles. The molecule has 7 nitrogen and oxygen atoms in total. The van der Waals surface area contributed by atoms with Crippen LogP contribution in [0.4, 0.5) is 5.69 Å². The van der Waals surface area contributed by atoms with Gasteiger partial charge in [-0.05, 0) is 48.9 Å². The van der Waals surface area contributed by atoms with Crippen molar-refractivity contribution in [3.63, 3.8) is 0 Å². The van der Waals surface area contributed by atoms with Gasteiger partial charge >= 0.3 is 5.97 Å². The Morgan fingerprint density at radius 1 is 1.00 bits per heavy atom. The number of carbonyl (C=O) groups excluding carboxylic acids is 3. The van der Waals surface area contributed by atoms with Crippen molar-refractivity contribution >= 4 is 23.5 Å². The van der Waals surface area contributed by atoms with E-state index in [0.29, 0.717) is 17.0 Å². The van der Waals surface area contributed by atoms with E-state index in [2.05, 4.69) is 10.6 Å². The molecule has 0 aliphatic heterocycles. The quantitative estimate of drug-likeness (QED) is 0.731. The van der Waals surface area contributed by atoms with Crippen LogP contribution in [-0.4, -0.2) is 30.9 Å². The molecule has 0 radical (unpaired) electrons. The lowest BCUT2D eigenvalue weighted by atomic mass is 10.1. The highest BCUT2D eigenvalue weighted by molar-refractivity contribution is 6.04. The van der Waals surface area contributed by atoms with Crippen LogP contribution in [0.2, 0.25) is 0 Å². The summed E-state index contributed by atoms with van der Waals surface area (Å²) < 4.78 is 10.2. The van der Waals surface area contributed by atoms with Crippen LogP contribution in [0.3, 0.4) is 0 Å². The van der Waals surface area contributed by atoms with Crippen LogP contribution in [0.25, 0.3) is 0 Å². The molecule has 2 aromatic rings. The SMILES string of the molecule is COc1ccc(NC(=O)c2ccc(COC(=O)[C@@H](C)NC(C)=O)cc2)cc1. The van der Waals surface area contributed by atoms with Crippen LogP contribution in [0.5, 0.6) is 5.75 Å². The van der Waals surface area contributed by atoms with Crippen LogP contribution in [0.15, 0.2) is 48.5 Å². The summed E-state index contributed by atoms with van der Waals surface area (Å²) in [5.74, 6) is -0.360. The van der Waals surface area contributed by atoms with Gasteiger partial charge in [-0.15, -0.1) is 0 Å². The highest BCUT2D eigenvalue weighted by Gasteiger charge is 2.15. The zero-order chi connectivity index (χ0) is 19.8. The van der Waals surface area contributed by atoms with E-state index in [1.807, 2.05) is 0 Å². The van der Waals surface area contributed by atoms with Gasteiger partial charge in [0.25, 0.3) is 5.91 Å². The maximum absolute atomic E-state index is 12.3. The van der Waals surface area contributed by atoms with E-state index in [9.17, 15) is 14.4 Å². The summed E-state index contributed by atoms with van der Waals surface area (Å²) in [5.41, 5.74) is 1.87. The lowest BCUT2D eigenvalue weighted by molar-refractivity contribution is -0.148. The molecule has 1 atom stereocenters. The Hall–Kier alpha value is -3.35. The van der Waals surface area contributed by atoms with Gasteiger partial charge in [-0.3, -0.25) is 9.59 Å². The van der Waals surface area contributed by atoms with E-state index in [0.717, 1.165) is 5.56 Å². The molecule has 0 aliphatic rings. The number of rotatable bonds is 7. The largest absolute Gasteiger partial charge is 0.497 e. The first-order valence-electron chi connectivity index (χ1n) is 8.37. The standard InChI is InChI=1S/C20H22N2O5/c1-13(21-14(2)23)20(25)27-12-15-4-6-16(7-5-15)19(24)22-17-8-10-18(26-3)11-9-17/h4-11,13H,12H2,1-3H3,(H,21,23)(H,22,24)/t13-/m1/s1. The van der Waals surface area contributed by atoms with Gasteiger partial charge in [0.15, 0.2) is 0 Å². The van der Waals surface area contributed by atoms with Crippen LogP contribution < -0.4 is 15.4 Å². The van der Waals surface area contributed by atoms with Gasteiger partial charge in [-0.1, -0.05) is 12.1 Å². The molecule has 0 spiro atoms. The van der Waals surface area contributed by atoms with Crippen molar-refractivity contribution in [1.29, 1.82) is 0 Å². The Kier molecular flexibility index (Phi) is 6.93. The van der Waals surface area contributed by atoms with E-state index in [1.54, 1.807) is 62.6 Å². The summed E-state index contributed by atoms with van der Waals surface area (Å²) >= 11 is 0. The smallest absolute Gasteiger partial charge is 0.328 e. The van der Waals surface area contributed by atoms with E-state index < -0.39 is 12.0 Å². The molecule has 0 bridgehead atoms. The Morgan fingerprint density at radius 2 is 1.63 bits per heavy atom. The van der Waals surface area contributed by atoms with Crippen molar-refractivity contribution in [2.45, 2.75) is 26.5 Å². The zero-order valence-corrected chi connectivity index (χ0v) is 15.4. The third-order valence-corrected chi connectivity index (χ3v) is 3.72. The van der Waals surface area contributed by atoms with Gasteiger partial charge in [0.1, 0.15) is 18.4 Å². The van der Waals surface area contributed by atoms with Crippen LogP contribution in [-0.2, 0) is 20.9 Å². The molecule has 2 amide bonds. The Balaban J connectivity index is 1.89. The Morgan fingerprint density at radius 3 is 2.19 bits per heavy atom. The molecule has 7 heteroatoms. The summed E-state index contributed by atoms with van der Waals surface area (Å²) in [6.45, 7) is 2.94. The monoisotopic (exact) mass is 370 g/mol. The molecule has 142 valence electrons. The predicted molar refractivity (Wildman–Crippen MR) is 100 cm³/mol. The number of esters is 1. The highest BCUT2D eigenvalue weighted by Crippen LogP contribution is 2.16. The minimum absolute atomic E-state index is 0.0587. The fraction of sp³-hybridized carbons (Fsp3) is 0.250. The second-order valence-electron chi connectivity index (χ2n) is 5.91. The molecule has 0 unspecified atom stereocenters. The molecule has 0 saturated heterocycles. The van der Waals surface area contributed by atoms with E-state index in [1.165, 1.54) is 6.92 Å². The van der Waals surface area contributed by atoms with Crippen molar-refractivity contribution in [3.8, 4) is 5.75 Å². The molecule has 27 heavy (non-hydrogen) atoms. The summed E-state index contributed by atoms with van der Waals surface area (Å²) in [7, 11) is 1.58. The van der Waals surface area contributed by atoms with Crippen molar-refractivity contribution in [3.05, 3.63) is 59.7 Å². The molecule has 2 aromatic carbocycles. The summed E-state index contributed by atoms with van der Waals surface area (Å²) in [6.07, 6.45) is 0. The first-order valence-corrected chi connectivity index (χ1v) is 8.37. The van der Waals surface area contributed by atoms with Crippen molar-refractivity contribution in [2.75, 3.05) is 12.4 Å². The number of benzene rings is 2. The molecular formula is C20H22N2O5. The third kappa shape index (κ3) is 6.14. The van der Waals surface area contributed by atoms with E-state index >= 15 is 0 Å². The van der Waals surface area contributed by atoms with Crippen molar-refractivity contribution in [1.82, 2.24) is 5.32 Å². The highest BCUT2D eigenvalue weighted by atomic mass is 16.5. The summed E-state index contributed by atoms with van der Waals surface area (Å²) in [4.78, 5) is 35.0. The second kappa shape index (κ2) is 9.38. The van der Waals surface area contributed by atoms with Gasteiger partial charge in [0.2, 0.25) is 5.91 Å². The van der Waals surface area contributed by atoms with Gasteiger partial charge in [-0.25, -0.2) is 4.79 Å². The van der Waals surface area contributed by atoms with Crippen molar-refractivity contribution in [2.24, 2.45) is 0 Å². The minimum Gasteiger partial charge on any atom is -0.497 e. The number of hydrogen-bond donors (Lipinski definition) is 2. The topological polar surface area (TPSA) is 93.7 Å². The van der Waals surface area contributed by atoms with E-state index in [-0.39, 0.29) is 18.4 Å². The van der Waals surface area contributed by atoms with Crippen LogP contribution >= 0.6 is 0 Å². The lowest BCUT2D eigenvalue weighted by Gasteiger charge is -2.12. The van der Waals surface area contributed by atoms with Gasteiger partial charge in [-0.2, -0.15) is 0 Å². The Labute approximate surface area is 157 Å². The fourth-order valence-corrected chi connectivity index (χ4v) is 2.27. The van der Waals surface area contributed by atoms with Gasteiger partial charge in [0.05, 0.1) is 7.11 Å².